The number of ether oxygens (including phenoxy) is 1. The van der Waals surface area contributed by atoms with Crippen molar-refractivity contribution in [2.24, 2.45) is 0 Å². The molecule has 0 N–H and O–H groups in total. The second-order valence-corrected chi connectivity index (χ2v) is 5.33. The Kier molecular flexibility index (Phi) is 4.33. The van der Waals surface area contributed by atoms with Crippen LogP contribution in [0.4, 0.5) is 0 Å². The normalized spacial score (nSPS) is 11.4. The first-order chi connectivity index (χ1) is 7.75. The van der Waals surface area contributed by atoms with Crippen molar-refractivity contribution in [2.75, 3.05) is 7.11 Å². The van der Waals surface area contributed by atoms with E-state index >= 15 is 0 Å². The molecule has 0 atom stereocenters. The number of carbonyl (C=O) groups is 1. The second-order valence-electron chi connectivity index (χ2n) is 4.61. The third-order valence-electron chi connectivity index (χ3n) is 2.13. The van der Waals surface area contributed by atoms with Crippen molar-refractivity contribution < 1.29 is 9.53 Å². The second kappa shape index (κ2) is 5.19. The average Bonchev–Trinajstić information content (AvgIpc) is 2.21. The van der Waals surface area contributed by atoms with Crippen LogP contribution in [0.2, 0.25) is 10.3 Å². The van der Waals surface area contributed by atoms with E-state index < -0.39 is 5.97 Å². The van der Waals surface area contributed by atoms with E-state index in [0.717, 1.165) is 0 Å². The van der Waals surface area contributed by atoms with Gasteiger partial charge in [0.25, 0.3) is 0 Å². The lowest BCUT2D eigenvalue weighted by atomic mass is 9.95. The molecule has 1 aromatic rings. The first-order valence-corrected chi connectivity index (χ1v) is 5.80. The van der Waals surface area contributed by atoms with Crippen molar-refractivity contribution in [3.8, 4) is 0 Å². The summed E-state index contributed by atoms with van der Waals surface area (Å²) < 4.78 is 4.55. The maximum atomic E-state index is 11.2. The van der Waals surface area contributed by atoms with Crippen LogP contribution in [0, 0.1) is 0 Å². The Bertz CT molecular complexity index is 419. The van der Waals surface area contributed by atoms with Gasteiger partial charge in [-0.1, -0.05) is 44.0 Å². The lowest BCUT2D eigenvalue weighted by Crippen LogP contribution is -2.18. The van der Waals surface area contributed by atoms with Gasteiger partial charge in [-0.25, -0.2) is 9.97 Å². The molecule has 6 heteroatoms. The molecule has 94 valence electrons. The number of nitrogens with zero attached hydrogens (tertiary/aromatic N) is 2. The summed E-state index contributed by atoms with van der Waals surface area (Å²) in [7, 11) is 1.30. The summed E-state index contributed by atoms with van der Waals surface area (Å²) in [5.41, 5.74) is 0.144. The largest absolute Gasteiger partial charge is 0.469 e. The zero-order chi connectivity index (χ0) is 13.2. The summed E-state index contributed by atoms with van der Waals surface area (Å²) >= 11 is 12.0. The number of esters is 1. The summed E-state index contributed by atoms with van der Waals surface area (Å²) in [5, 5.41) is 0.389. The minimum absolute atomic E-state index is 0.0292. The highest BCUT2D eigenvalue weighted by atomic mass is 35.5. The fourth-order valence-corrected chi connectivity index (χ4v) is 1.65. The van der Waals surface area contributed by atoms with Crippen molar-refractivity contribution in [2.45, 2.75) is 32.6 Å². The standard InChI is InChI=1S/C11H14Cl2N2O2/c1-11(2,3)10-14-8(12)6(9(13)15-10)5-7(16)17-4/h5H2,1-4H3. The lowest BCUT2D eigenvalue weighted by Gasteiger charge is -2.17. The van der Waals surface area contributed by atoms with E-state index in [1.54, 1.807) is 0 Å². The highest BCUT2D eigenvalue weighted by Crippen LogP contribution is 2.27. The summed E-state index contributed by atoms with van der Waals surface area (Å²) in [6.07, 6.45) is -0.0292. The zero-order valence-corrected chi connectivity index (χ0v) is 11.7. The van der Waals surface area contributed by atoms with Gasteiger partial charge < -0.3 is 4.74 Å². The molecular formula is C11H14Cl2N2O2. The van der Waals surface area contributed by atoms with Crippen LogP contribution in [-0.4, -0.2) is 23.0 Å². The predicted molar refractivity (Wildman–Crippen MR) is 66.5 cm³/mol. The highest BCUT2D eigenvalue weighted by Gasteiger charge is 2.22. The van der Waals surface area contributed by atoms with Crippen LogP contribution in [0.15, 0.2) is 0 Å². The van der Waals surface area contributed by atoms with E-state index in [2.05, 4.69) is 14.7 Å². The van der Waals surface area contributed by atoms with Gasteiger partial charge in [-0.2, -0.15) is 0 Å². The quantitative estimate of drug-likeness (QED) is 0.616. The summed E-state index contributed by atoms with van der Waals surface area (Å²) in [4.78, 5) is 19.5. The van der Waals surface area contributed by atoms with E-state index in [4.69, 9.17) is 23.2 Å². The molecule has 17 heavy (non-hydrogen) atoms. The molecule has 1 heterocycles. The first kappa shape index (κ1) is 14.2. The van der Waals surface area contributed by atoms with Crippen LogP contribution in [-0.2, 0) is 21.4 Å². The maximum absolute atomic E-state index is 11.2. The lowest BCUT2D eigenvalue weighted by molar-refractivity contribution is -0.139. The average molecular weight is 277 g/mol. The third kappa shape index (κ3) is 3.54. The van der Waals surface area contributed by atoms with Crippen LogP contribution in [0.1, 0.15) is 32.2 Å². The Morgan fingerprint density at radius 3 is 2.06 bits per heavy atom. The minimum atomic E-state index is -0.430. The van der Waals surface area contributed by atoms with Crippen molar-refractivity contribution in [1.82, 2.24) is 9.97 Å². The molecule has 0 aliphatic heterocycles. The van der Waals surface area contributed by atoms with Gasteiger partial charge in [-0.15, -0.1) is 0 Å². The number of hydrogen-bond acceptors (Lipinski definition) is 4. The van der Waals surface area contributed by atoms with Crippen LogP contribution >= 0.6 is 23.2 Å². The minimum Gasteiger partial charge on any atom is -0.469 e. The Hall–Kier alpha value is -0.870. The molecule has 0 unspecified atom stereocenters. The molecule has 0 bridgehead atoms. The molecule has 0 radical (unpaired) electrons. The zero-order valence-electron chi connectivity index (χ0n) is 10.2. The Balaban J connectivity index is 3.15. The number of halogens is 2. The first-order valence-electron chi connectivity index (χ1n) is 5.05. The van der Waals surface area contributed by atoms with E-state index in [1.807, 2.05) is 20.8 Å². The SMILES string of the molecule is COC(=O)Cc1c(Cl)nc(C(C)(C)C)nc1Cl. The van der Waals surface area contributed by atoms with E-state index in [-0.39, 0.29) is 22.1 Å². The number of aromatic nitrogens is 2. The van der Waals surface area contributed by atoms with Crippen molar-refractivity contribution >= 4 is 29.2 Å². The molecule has 0 aliphatic rings. The molecule has 0 fully saturated rings. The third-order valence-corrected chi connectivity index (χ3v) is 2.75. The van der Waals surface area contributed by atoms with Crippen LogP contribution in [0.25, 0.3) is 0 Å². The fraction of sp³-hybridized carbons (Fsp3) is 0.545. The summed E-state index contributed by atoms with van der Waals surface area (Å²) in [6.45, 7) is 5.86. The summed E-state index contributed by atoms with van der Waals surface area (Å²) in [5.74, 6) is 0.113. The number of rotatable bonds is 2. The molecule has 0 saturated heterocycles. The van der Waals surface area contributed by atoms with Gasteiger partial charge in [-0.05, 0) is 0 Å². The molecule has 0 saturated carbocycles. The van der Waals surface area contributed by atoms with Gasteiger partial charge in [0.2, 0.25) is 0 Å². The Labute approximate surface area is 110 Å². The van der Waals surface area contributed by atoms with Crippen molar-refractivity contribution in [3.05, 3.63) is 21.7 Å². The van der Waals surface area contributed by atoms with E-state index in [1.165, 1.54) is 7.11 Å². The molecule has 1 aromatic heterocycles. The molecule has 0 aromatic carbocycles. The van der Waals surface area contributed by atoms with Crippen LogP contribution in [0.5, 0.6) is 0 Å². The molecule has 4 nitrogen and oxygen atoms in total. The highest BCUT2D eigenvalue weighted by molar-refractivity contribution is 6.34. The van der Waals surface area contributed by atoms with E-state index in [9.17, 15) is 4.79 Å². The topological polar surface area (TPSA) is 52.1 Å². The van der Waals surface area contributed by atoms with Gasteiger partial charge in [0.05, 0.1) is 13.5 Å². The fourth-order valence-electron chi connectivity index (χ4n) is 1.13. The van der Waals surface area contributed by atoms with E-state index in [0.29, 0.717) is 11.4 Å². The molecule has 0 amide bonds. The monoisotopic (exact) mass is 276 g/mol. The smallest absolute Gasteiger partial charge is 0.310 e. The maximum Gasteiger partial charge on any atom is 0.310 e. The van der Waals surface area contributed by atoms with Crippen molar-refractivity contribution in [1.29, 1.82) is 0 Å². The van der Waals surface area contributed by atoms with Gasteiger partial charge in [0.1, 0.15) is 16.1 Å². The van der Waals surface area contributed by atoms with Crippen LogP contribution < -0.4 is 0 Å². The molecule has 0 aliphatic carbocycles. The molecular weight excluding hydrogens is 263 g/mol. The number of carbonyl (C=O) groups excluding carboxylic acids is 1. The van der Waals surface area contributed by atoms with Gasteiger partial charge in [0, 0.05) is 11.0 Å². The van der Waals surface area contributed by atoms with Gasteiger partial charge >= 0.3 is 5.97 Å². The van der Waals surface area contributed by atoms with Crippen molar-refractivity contribution in [3.63, 3.8) is 0 Å². The molecule has 1 rings (SSSR count). The number of methoxy groups -OCH3 is 1. The number of hydrogen-bond donors (Lipinski definition) is 0. The van der Waals surface area contributed by atoms with Gasteiger partial charge in [0.15, 0.2) is 0 Å². The Morgan fingerprint density at radius 2 is 1.71 bits per heavy atom. The van der Waals surface area contributed by atoms with Gasteiger partial charge in [-0.3, -0.25) is 4.79 Å². The predicted octanol–water partition coefficient (Wildman–Crippen LogP) is 2.80. The summed E-state index contributed by atoms with van der Waals surface area (Å²) in [6, 6.07) is 0. The Morgan fingerprint density at radius 1 is 1.24 bits per heavy atom. The molecule has 0 spiro atoms. The van der Waals surface area contributed by atoms with Crippen LogP contribution in [0.3, 0.4) is 0 Å².